The van der Waals surface area contributed by atoms with Crippen LogP contribution in [0.2, 0.25) is 5.02 Å². The average molecular weight is 381 g/mol. The van der Waals surface area contributed by atoms with Crippen molar-refractivity contribution in [1.82, 2.24) is 0 Å². The van der Waals surface area contributed by atoms with Gasteiger partial charge >= 0.3 is 11.9 Å². The van der Waals surface area contributed by atoms with Crippen LogP contribution in [-0.4, -0.2) is 22.2 Å². The minimum Gasteiger partial charge on any atom is -0.482 e. The van der Waals surface area contributed by atoms with Crippen LogP contribution < -0.4 is 10.5 Å². The Hall–Kier alpha value is -3.18. The Morgan fingerprint density at radius 1 is 1.35 bits per heavy atom. The van der Waals surface area contributed by atoms with Crippen molar-refractivity contribution < 1.29 is 29.0 Å². The van der Waals surface area contributed by atoms with Gasteiger partial charge in [-0.3, -0.25) is 0 Å². The number of ether oxygens (including phenoxy) is 1. The number of carboxylic acids is 2. The second kappa shape index (κ2) is 9.96. The monoisotopic (exact) mass is 380 g/mol. The molecule has 8 nitrogen and oxygen atoms in total. The van der Waals surface area contributed by atoms with Crippen molar-refractivity contribution in [1.29, 1.82) is 5.26 Å². The van der Waals surface area contributed by atoms with E-state index in [9.17, 15) is 0 Å². The molecule has 0 saturated carbocycles. The van der Waals surface area contributed by atoms with E-state index in [0.29, 0.717) is 16.3 Å². The van der Waals surface area contributed by atoms with Crippen LogP contribution in [0.1, 0.15) is 37.0 Å². The van der Waals surface area contributed by atoms with Crippen molar-refractivity contribution in [3.05, 3.63) is 46.9 Å². The van der Waals surface area contributed by atoms with E-state index in [1.54, 1.807) is 24.7 Å². The molecule has 0 spiro atoms. The molecule has 2 rings (SSSR count). The van der Waals surface area contributed by atoms with Crippen LogP contribution in [0, 0.1) is 11.3 Å². The molecule has 1 atom stereocenters. The SMILES string of the molecule is CCCC(Oc1c(C#N)ccc(Cl)c1N)c1ccoc1.O=C(O)C(=O)O. The van der Waals surface area contributed by atoms with E-state index in [4.69, 9.17) is 51.6 Å². The lowest BCUT2D eigenvalue weighted by molar-refractivity contribution is -0.159. The van der Waals surface area contributed by atoms with Gasteiger partial charge in [0, 0.05) is 5.56 Å². The van der Waals surface area contributed by atoms with Gasteiger partial charge in [-0.1, -0.05) is 24.9 Å². The van der Waals surface area contributed by atoms with Crippen LogP contribution >= 0.6 is 11.6 Å². The quantitative estimate of drug-likeness (QED) is 0.527. The molecule has 2 aromatic rings. The van der Waals surface area contributed by atoms with E-state index < -0.39 is 11.9 Å². The van der Waals surface area contributed by atoms with Gasteiger partial charge in [0.15, 0.2) is 5.75 Å². The molecule has 1 aromatic carbocycles. The first-order valence-corrected chi connectivity index (χ1v) is 7.82. The van der Waals surface area contributed by atoms with E-state index in [-0.39, 0.29) is 11.8 Å². The molecule has 9 heteroatoms. The Bertz CT molecular complexity index is 786. The zero-order valence-electron chi connectivity index (χ0n) is 13.8. The molecule has 0 radical (unpaired) electrons. The molecule has 4 N–H and O–H groups in total. The highest BCUT2D eigenvalue weighted by atomic mass is 35.5. The Labute approximate surface area is 154 Å². The molecule has 0 saturated heterocycles. The predicted molar refractivity (Wildman–Crippen MR) is 92.8 cm³/mol. The molecule has 1 heterocycles. The maximum Gasteiger partial charge on any atom is 0.414 e. The number of rotatable bonds is 5. The molecular formula is C17H17ClN2O6. The van der Waals surface area contributed by atoms with Crippen LogP contribution in [0.3, 0.4) is 0 Å². The molecule has 0 aliphatic rings. The second-order valence-corrected chi connectivity index (χ2v) is 5.42. The molecule has 0 aliphatic carbocycles. The lowest BCUT2D eigenvalue weighted by Gasteiger charge is -2.19. The third-order valence-corrected chi connectivity index (χ3v) is 3.50. The first kappa shape index (κ1) is 20.9. The van der Waals surface area contributed by atoms with Gasteiger partial charge in [-0.25, -0.2) is 9.59 Å². The Kier molecular flexibility index (Phi) is 7.99. The summed E-state index contributed by atoms with van der Waals surface area (Å²) in [5.74, 6) is -3.32. The number of nitriles is 1. The Morgan fingerprint density at radius 3 is 2.46 bits per heavy atom. The van der Waals surface area contributed by atoms with E-state index in [0.717, 1.165) is 18.4 Å². The fourth-order valence-electron chi connectivity index (χ4n) is 1.95. The minimum absolute atomic E-state index is 0.216. The summed E-state index contributed by atoms with van der Waals surface area (Å²) >= 11 is 6.00. The molecule has 0 amide bonds. The summed E-state index contributed by atoms with van der Waals surface area (Å²) in [4.78, 5) is 18.2. The van der Waals surface area contributed by atoms with Gasteiger partial charge < -0.3 is 25.1 Å². The predicted octanol–water partition coefficient (Wildman–Crippen LogP) is 3.46. The molecule has 0 fully saturated rings. The summed E-state index contributed by atoms with van der Waals surface area (Å²) in [5.41, 5.74) is 7.50. The summed E-state index contributed by atoms with van der Waals surface area (Å²) in [6, 6.07) is 7.11. The first-order chi connectivity index (χ1) is 12.3. The van der Waals surface area contributed by atoms with E-state index in [1.165, 1.54) is 0 Å². The van der Waals surface area contributed by atoms with Crippen LogP contribution in [-0.2, 0) is 9.59 Å². The molecular weight excluding hydrogens is 364 g/mol. The number of nitrogens with two attached hydrogens (primary N) is 1. The Morgan fingerprint density at radius 2 is 2.00 bits per heavy atom. The fraction of sp³-hybridized carbons (Fsp3) is 0.235. The number of nitrogens with zero attached hydrogens (tertiary/aromatic N) is 1. The van der Waals surface area contributed by atoms with Gasteiger partial charge in [0.05, 0.1) is 28.8 Å². The fourth-order valence-corrected chi connectivity index (χ4v) is 2.10. The third-order valence-electron chi connectivity index (χ3n) is 3.17. The van der Waals surface area contributed by atoms with Gasteiger partial charge in [-0.2, -0.15) is 5.26 Å². The van der Waals surface area contributed by atoms with Crippen LogP contribution in [0.5, 0.6) is 5.75 Å². The smallest absolute Gasteiger partial charge is 0.414 e. The van der Waals surface area contributed by atoms with Gasteiger partial charge in [-0.15, -0.1) is 0 Å². The number of furan rings is 1. The summed E-state index contributed by atoms with van der Waals surface area (Å²) in [7, 11) is 0. The molecule has 0 aliphatic heterocycles. The summed E-state index contributed by atoms with van der Waals surface area (Å²) in [6.45, 7) is 2.06. The molecule has 0 bridgehead atoms. The lowest BCUT2D eigenvalue weighted by Crippen LogP contribution is -2.09. The van der Waals surface area contributed by atoms with Gasteiger partial charge in [0.1, 0.15) is 12.2 Å². The number of aliphatic carboxylic acids is 2. The second-order valence-electron chi connectivity index (χ2n) is 5.01. The van der Waals surface area contributed by atoms with Gasteiger partial charge in [0.25, 0.3) is 0 Å². The number of carbonyl (C=O) groups is 2. The maximum absolute atomic E-state index is 9.16. The molecule has 1 unspecified atom stereocenters. The van der Waals surface area contributed by atoms with Crippen LogP contribution in [0.15, 0.2) is 35.1 Å². The van der Waals surface area contributed by atoms with Crippen molar-refractivity contribution >= 4 is 29.2 Å². The normalized spacial score (nSPS) is 10.8. The van der Waals surface area contributed by atoms with Crippen molar-refractivity contribution in [2.75, 3.05) is 5.73 Å². The number of halogens is 1. The number of hydrogen-bond donors (Lipinski definition) is 3. The standard InChI is InChI=1S/C15H15ClN2O2.C2H2O4/c1-2-3-13(11-6-7-19-9-11)20-15-10(8-17)4-5-12(16)14(15)18;3-1(4)2(5)6/h4-7,9,13H,2-3,18H2,1H3;(H,3,4)(H,5,6). The van der Waals surface area contributed by atoms with Crippen LogP contribution in [0.25, 0.3) is 0 Å². The topological polar surface area (TPSA) is 147 Å². The van der Waals surface area contributed by atoms with Crippen molar-refractivity contribution in [2.45, 2.75) is 25.9 Å². The molecule has 26 heavy (non-hydrogen) atoms. The number of hydrogen-bond acceptors (Lipinski definition) is 6. The number of anilines is 1. The summed E-state index contributed by atoms with van der Waals surface area (Å²) < 4.78 is 11.0. The Balaban J connectivity index is 0.000000487. The van der Waals surface area contributed by atoms with E-state index in [1.807, 2.05) is 6.07 Å². The minimum atomic E-state index is -1.82. The van der Waals surface area contributed by atoms with E-state index in [2.05, 4.69) is 13.0 Å². The lowest BCUT2D eigenvalue weighted by atomic mass is 10.1. The van der Waals surface area contributed by atoms with Crippen molar-refractivity contribution in [2.24, 2.45) is 0 Å². The first-order valence-electron chi connectivity index (χ1n) is 7.44. The number of carboxylic acid groups (broad SMARTS) is 2. The number of nitrogen functional groups attached to an aromatic ring is 1. The maximum atomic E-state index is 9.16. The molecule has 1 aromatic heterocycles. The summed E-state index contributed by atoms with van der Waals surface area (Å²) in [5, 5.41) is 24.3. The highest BCUT2D eigenvalue weighted by Crippen LogP contribution is 2.37. The highest BCUT2D eigenvalue weighted by molar-refractivity contribution is 6.33. The van der Waals surface area contributed by atoms with Crippen molar-refractivity contribution in [3.63, 3.8) is 0 Å². The third kappa shape index (κ3) is 5.72. The van der Waals surface area contributed by atoms with Gasteiger partial charge in [0.2, 0.25) is 0 Å². The zero-order valence-corrected chi connectivity index (χ0v) is 14.6. The van der Waals surface area contributed by atoms with Crippen molar-refractivity contribution in [3.8, 4) is 11.8 Å². The van der Waals surface area contributed by atoms with E-state index >= 15 is 0 Å². The largest absolute Gasteiger partial charge is 0.482 e. The molecule has 138 valence electrons. The zero-order chi connectivity index (χ0) is 19.7. The number of benzene rings is 1. The highest BCUT2D eigenvalue weighted by Gasteiger charge is 2.19. The average Bonchev–Trinajstić information content (AvgIpc) is 3.13. The summed E-state index contributed by atoms with van der Waals surface area (Å²) in [6.07, 6.45) is 4.72. The van der Waals surface area contributed by atoms with Gasteiger partial charge in [-0.05, 0) is 24.6 Å². The van der Waals surface area contributed by atoms with Crippen LogP contribution in [0.4, 0.5) is 5.69 Å².